The first kappa shape index (κ1) is 15.1. The molecule has 2 rings (SSSR count). The molecule has 0 radical (unpaired) electrons. The summed E-state index contributed by atoms with van der Waals surface area (Å²) in [4.78, 5) is 25.1. The van der Waals surface area contributed by atoms with E-state index in [0.717, 1.165) is 32.5 Å². The van der Waals surface area contributed by atoms with Crippen LogP contribution < -0.4 is 10.6 Å². The molecule has 1 saturated heterocycles. The summed E-state index contributed by atoms with van der Waals surface area (Å²) in [7, 11) is 0. The number of carbonyl (C=O) groups is 2. The van der Waals surface area contributed by atoms with Crippen molar-refractivity contribution in [2.24, 2.45) is 5.92 Å². The third-order valence-electron chi connectivity index (χ3n) is 4.01. The van der Waals surface area contributed by atoms with Crippen molar-refractivity contribution in [2.45, 2.75) is 51.1 Å². The Morgan fingerprint density at radius 1 is 1.25 bits per heavy atom. The minimum atomic E-state index is -0.854. The van der Waals surface area contributed by atoms with Gasteiger partial charge in [-0.15, -0.1) is 0 Å². The summed E-state index contributed by atoms with van der Waals surface area (Å²) in [5.74, 6) is -0.516. The quantitative estimate of drug-likeness (QED) is 0.651. The Hall–Kier alpha value is -1.30. The molecular formula is C14H25N3O3. The van der Waals surface area contributed by atoms with Gasteiger partial charge >= 0.3 is 12.0 Å². The van der Waals surface area contributed by atoms with E-state index in [1.165, 1.54) is 12.8 Å². The first-order chi connectivity index (χ1) is 9.54. The lowest BCUT2D eigenvalue weighted by Crippen LogP contribution is -2.49. The second kappa shape index (κ2) is 6.92. The van der Waals surface area contributed by atoms with Gasteiger partial charge in [-0.25, -0.2) is 4.79 Å². The second-order valence-corrected chi connectivity index (χ2v) is 6.07. The van der Waals surface area contributed by atoms with Crippen LogP contribution in [0, 0.1) is 5.92 Å². The first-order valence-electron chi connectivity index (χ1n) is 7.56. The molecule has 1 aliphatic heterocycles. The molecule has 3 N–H and O–H groups in total. The van der Waals surface area contributed by atoms with Gasteiger partial charge in [0.2, 0.25) is 0 Å². The third-order valence-corrected chi connectivity index (χ3v) is 4.01. The topological polar surface area (TPSA) is 81.7 Å². The van der Waals surface area contributed by atoms with Gasteiger partial charge in [0.1, 0.15) is 0 Å². The summed E-state index contributed by atoms with van der Waals surface area (Å²) in [6.45, 7) is 5.07. The summed E-state index contributed by atoms with van der Waals surface area (Å²) < 4.78 is 0. The van der Waals surface area contributed by atoms with Crippen LogP contribution >= 0.6 is 0 Å². The molecule has 2 unspecified atom stereocenters. The van der Waals surface area contributed by atoms with Crippen molar-refractivity contribution < 1.29 is 14.7 Å². The van der Waals surface area contributed by atoms with Crippen LogP contribution in [-0.4, -0.2) is 53.7 Å². The maximum Gasteiger partial charge on any atom is 0.315 e. The lowest BCUT2D eigenvalue weighted by molar-refractivity contribution is -0.137. The van der Waals surface area contributed by atoms with E-state index in [9.17, 15) is 9.59 Å². The fourth-order valence-electron chi connectivity index (χ4n) is 2.85. The van der Waals surface area contributed by atoms with Gasteiger partial charge < -0.3 is 20.6 Å². The fourth-order valence-corrected chi connectivity index (χ4v) is 2.85. The van der Waals surface area contributed by atoms with E-state index in [2.05, 4.69) is 15.5 Å². The number of amides is 2. The highest BCUT2D eigenvalue weighted by molar-refractivity contribution is 5.76. The molecule has 0 aromatic rings. The molecule has 2 fully saturated rings. The summed E-state index contributed by atoms with van der Waals surface area (Å²) in [5.41, 5.74) is 0. The predicted molar refractivity (Wildman–Crippen MR) is 75.6 cm³/mol. The van der Waals surface area contributed by atoms with Crippen LogP contribution in [0.2, 0.25) is 0 Å². The Labute approximate surface area is 119 Å². The number of aliphatic carboxylic acids is 1. The van der Waals surface area contributed by atoms with E-state index in [1.807, 2.05) is 6.92 Å². The van der Waals surface area contributed by atoms with E-state index in [0.29, 0.717) is 5.92 Å². The molecule has 0 bridgehead atoms. The Kier molecular flexibility index (Phi) is 5.23. The van der Waals surface area contributed by atoms with Crippen LogP contribution in [-0.2, 0) is 4.79 Å². The van der Waals surface area contributed by atoms with Gasteiger partial charge in [-0.1, -0.05) is 0 Å². The van der Waals surface area contributed by atoms with Gasteiger partial charge in [-0.3, -0.25) is 4.79 Å². The zero-order valence-corrected chi connectivity index (χ0v) is 12.1. The van der Waals surface area contributed by atoms with E-state index in [-0.39, 0.29) is 24.5 Å². The van der Waals surface area contributed by atoms with E-state index in [1.54, 1.807) is 0 Å². The van der Waals surface area contributed by atoms with Crippen molar-refractivity contribution in [1.29, 1.82) is 0 Å². The van der Waals surface area contributed by atoms with Crippen LogP contribution in [0.4, 0.5) is 4.79 Å². The SMILES string of the molecule is CC(CN1CCCC1)NC(=O)NC(CC(=O)O)C1CC1. The van der Waals surface area contributed by atoms with Gasteiger partial charge in [0.25, 0.3) is 0 Å². The number of carboxylic acid groups (broad SMARTS) is 1. The maximum absolute atomic E-state index is 11.9. The van der Waals surface area contributed by atoms with Gasteiger partial charge in [0, 0.05) is 18.6 Å². The highest BCUT2D eigenvalue weighted by Crippen LogP contribution is 2.33. The minimum absolute atomic E-state index is 0.0125. The van der Waals surface area contributed by atoms with Crippen molar-refractivity contribution in [3.05, 3.63) is 0 Å². The van der Waals surface area contributed by atoms with Crippen molar-refractivity contribution in [3.8, 4) is 0 Å². The zero-order valence-electron chi connectivity index (χ0n) is 12.1. The average Bonchev–Trinajstić information content (AvgIpc) is 3.07. The Morgan fingerprint density at radius 2 is 1.90 bits per heavy atom. The Bertz CT molecular complexity index is 352. The molecule has 0 aromatic heterocycles. The molecule has 20 heavy (non-hydrogen) atoms. The van der Waals surface area contributed by atoms with Crippen molar-refractivity contribution >= 4 is 12.0 Å². The van der Waals surface area contributed by atoms with E-state index >= 15 is 0 Å². The first-order valence-corrected chi connectivity index (χ1v) is 7.56. The number of carbonyl (C=O) groups excluding carboxylic acids is 1. The normalized spacial score (nSPS) is 22.2. The number of nitrogens with zero attached hydrogens (tertiary/aromatic N) is 1. The lowest BCUT2D eigenvalue weighted by atomic mass is 10.1. The molecule has 0 aromatic carbocycles. The zero-order chi connectivity index (χ0) is 14.5. The highest BCUT2D eigenvalue weighted by Gasteiger charge is 2.33. The lowest BCUT2D eigenvalue weighted by Gasteiger charge is -2.23. The second-order valence-electron chi connectivity index (χ2n) is 6.07. The standard InChI is InChI=1S/C14H25N3O3/c1-10(9-17-6-2-3-7-17)15-14(20)16-12(8-13(18)19)11-4-5-11/h10-12H,2-9H2,1H3,(H,18,19)(H2,15,16,20). The molecular weight excluding hydrogens is 258 g/mol. The van der Waals surface area contributed by atoms with Crippen molar-refractivity contribution in [1.82, 2.24) is 15.5 Å². The van der Waals surface area contributed by atoms with Gasteiger partial charge in [-0.2, -0.15) is 0 Å². The summed E-state index contributed by atoms with van der Waals surface area (Å²) >= 11 is 0. The number of carboxylic acids is 1. The maximum atomic E-state index is 11.9. The molecule has 2 amide bonds. The van der Waals surface area contributed by atoms with Gasteiger partial charge in [0.05, 0.1) is 6.42 Å². The molecule has 1 heterocycles. The number of hydrogen-bond donors (Lipinski definition) is 3. The van der Waals surface area contributed by atoms with Crippen molar-refractivity contribution in [3.63, 3.8) is 0 Å². The van der Waals surface area contributed by atoms with Crippen molar-refractivity contribution in [2.75, 3.05) is 19.6 Å². The van der Waals surface area contributed by atoms with Crippen LogP contribution in [0.1, 0.15) is 39.0 Å². The number of hydrogen-bond acceptors (Lipinski definition) is 3. The molecule has 2 atom stereocenters. The predicted octanol–water partition coefficient (Wildman–Crippen LogP) is 1.02. The molecule has 6 heteroatoms. The van der Waals surface area contributed by atoms with Crippen LogP contribution in [0.3, 0.4) is 0 Å². The largest absolute Gasteiger partial charge is 0.481 e. The summed E-state index contributed by atoms with van der Waals surface area (Å²) in [6, 6.07) is -0.390. The fraction of sp³-hybridized carbons (Fsp3) is 0.857. The molecule has 1 aliphatic carbocycles. The summed E-state index contributed by atoms with van der Waals surface area (Å²) in [6.07, 6.45) is 4.52. The summed E-state index contributed by atoms with van der Waals surface area (Å²) in [5, 5.41) is 14.6. The Morgan fingerprint density at radius 3 is 2.45 bits per heavy atom. The number of nitrogens with one attached hydrogen (secondary N) is 2. The number of urea groups is 1. The van der Waals surface area contributed by atoms with Gasteiger partial charge in [0.15, 0.2) is 0 Å². The molecule has 114 valence electrons. The third kappa shape index (κ3) is 5.00. The van der Waals surface area contributed by atoms with E-state index in [4.69, 9.17) is 5.11 Å². The van der Waals surface area contributed by atoms with Crippen LogP contribution in [0.5, 0.6) is 0 Å². The van der Waals surface area contributed by atoms with Crippen LogP contribution in [0.15, 0.2) is 0 Å². The monoisotopic (exact) mass is 283 g/mol. The number of rotatable bonds is 7. The van der Waals surface area contributed by atoms with E-state index < -0.39 is 5.97 Å². The minimum Gasteiger partial charge on any atom is -0.481 e. The molecule has 0 spiro atoms. The van der Waals surface area contributed by atoms with Gasteiger partial charge in [-0.05, 0) is 51.6 Å². The highest BCUT2D eigenvalue weighted by atomic mass is 16.4. The molecule has 6 nitrogen and oxygen atoms in total. The Balaban J connectivity index is 1.70. The number of likely N-dealkylation sites (tertiary alicyclic amines) is 1. The molecule has 2 aliphatic rings. The smallest absolute Gasteiger partial charge is 0.315 e. The van der Waals surface area contributed by atoms with Crippen LogP contribution in [0.25, 0.3) is 0 Å². The molecule has 1 saturated carbocycles. The average molecular weight is 283 g/mol.